The number of ether oxygens (including phenoxy) is 3. The summed E-state index contributed by atoms with van der Waals surface area (Å²) in [6.45, 7) is 4.50. The lowest BCUT2D eigenvalue weighted by molar-refractivity contribution is -0.0727. The number of aliphatic hydroxyl groups excluding tert-OH is 1. The highest BCUT2D eigenvalue weighted by Crippen LogP contribution is 2.25. The van der Waals surface area contributed by atoms with Crippen molar-refractivity contribution in [2.24, 2.45) is 0 Å². The van der Waals surface area contributed by atoms with Crippen molar-refractivity contribution >= 4 is 9.84 Å². The maximum atomic E-state index is 11.9. The Kier molecular flexibility index (Phi) is 8.12. The topological polar surface area (TPSA) is 82.1 Å². The number of hydrogen-bond acceptors (Lipinski definition) is 6. The number of methoxy groups -OCH3 is 1. The van der Waals surface area contributed by atoms with Crippen LogP contribution in [0.5, 0.6) is 0 Å². The van der Waals surface area contributed by atoms with Crippen LogP contribution in [-0.2, 0) is 24.0 Å². The fraction of sp³-hybridized carbons (Fsp3) is 1.00. The van der Waals surface area contributed by atoms with Crippen LogP contribution >= 0.6 is 0 Å². The van der Waals surface area contributed by atoms with Gasteiger partial charge in [0.15, 0.2) is 9.84 Å². The van der Waals surface area contributed by atoms with Gasteiger partial charge in [0.1, 0.15) is 0 Å². The monoisotopic (exact) mass is 324 g/mol. The molecule has 0 aromatic rings. The van der Waals surface area contributed by atoms with Crippen molar-refractivity contribution in [3.63, 3.8) is 0 Å². The molecule has 0 spiro atoms. The molecule has 4 unspecified atom stereocenters. The highest BCUT2D eigenvalue weighted by Gasteiger charge is 2.33. The lowest BCUT2D eigenvalue weighted by Crippen LogP contribution is -2.31. The van der Waals surface area contributed by atoms with E-state index >= 15 is 0 Å². The average Bonchev–Trinajstić information content (AvgIpc) is 2.73. The average molecular weight is 324 g/mol. The summed E-state index contributed by atoms with van der Waals surface area (Å²) in [5.74, 6) is 0.283. The van der Waals surface area contributed by atoms with Gasteiger partial charge in [-0.25, -0.2) is 8.42 Å². The number of sulfone groups is 1. The van der Waals surface area contributed by atoms with Crippen molar-refractivity contribution < 1.29 is 27.7 Å². The molecule has 4 atom stereocenters. The Balaban J connectivity index is 2.39. The van der Waals surface area contributed by atoms with E-state index in [0.717, 1.165) is 6.42 Å². The van der Waals surface area contributed by atoms with Crippen LogP contribution in [0.4, 0.5) is 0 Å². The molecule has 1 rings (SSSR count). The summed E-state index contributed by atoms with van der Waals surface area (Å²) in [4.78, 5) is 0. The SMILES string of the molecule is COCC(CC1CCCS1(=O)=O)OCC(C)OCC(C)O. The molecule has 1 heterocycles. The van der Waals surface area contributed by atoms with E-state index in [0.29, 0.717) is 26.1 Å². The van der Waals surface area contributed by atoms with Crippen LogP contribution < -0.4 is 0 Å². The van der Waals surface area contributed by atoms with Gasteiger partial charge < -0.3 is 19.3 Å². The Labute approximate surface area is 127 Å². The number of aliphatic hydroxyl groups is 1. The first-order valence-electron chi connectivity index (χ1n) is 7.47. The van der Waals surface area contributed by atoms with Crippen LogP contribution in [0.2, 0.25) is 0 Å². The van der Waals surface area contributed by atoms with E-state index in [1.807, 2.05) is 6.92 Å². The van der Waals surface area contributed by atoms with E-state index in [-0.39, 0.29) is 29.8 Å². The first-order valence-corrected chi connectivity index (χ1v) is 9.18. The minimum Gasteiger partial charge on any atom is -0.391 e. The lowest BCUT2D eigenvalue weighted by Gasteiger charge is -2.22. The predicted molar refractivity (Wildman–Crippen MR) is 80.1 cm³/mol. The first kappa shape index (κ1) is 18.8. The van der Waals surface area contributed by atoms with Gasteiger partial charge in [0, 0.05) is 7.11 Å². The zero-order valence-electron chi connectivity index (χ0n) is 13.2. The molecule has 1 N–H and O–H groups in total. The summed E-state index contributed by atoms with van der Waals surface area (Å²) >= 11 is 0. The molecule has 126 valence electrons. The molecule has 0 amide bonds. The van der Waals surface area contributed by atoms with Crippen molar-refractivity contribution in [1.29, 1.82) is 0 Å². The smallest absolute Gasteiger partial charge is 0.153 e. The zero-order chi connectivity index (χ0) is 15.9. The maximum absolute atomic E-state index is 11.9. The van der Waals surface area contributed by atoms with Gasteiger partial charge in [-0.3, -0.25) is 0 Å². The molecule has 7 heteroatoms. The third-order valence-electron chi connectivity index (χ3n) is 3.53. The van der Waals surface area contributed by atoms with Crippen LogP contribution in [0.3, 0.4) is 0 Å². The summed E-state index contributed by atoms with van der Waals surface area (Å²) in [6, 6.07) is 0. The molecule has 0 aliphatic carbocycles. The van der Waals surface area contributed by atoms with Gasteiger partial charge in [-0.05, 0) is 33.1 Å². The van der Waals surface area contributed by atoms with Gasteiger partial charge >= 0.3 is 0 Å². The third-order valence-corrected chi connectivity index (χ3v) is 5.83. The van der Waals surface area contributed by atoms with Crippen LogP contribution in [-0.4, -0.2) is 69.8 Å². The summed E-state index contributed by atoms with van der Waals surface area (Å²) in [5, 5.41) is 8.84. The molecular formula is C14H28O6S. The molecule has 1 saturated heterocycles. The molecule has 6 nitrogen and oxygen atoms in total. The van der Waals surface area contributed by atoms with E-state index in [1.54, 1.807) is 14.0 Å². The first-order chi connectivity index (χ1) is 9.85. The third kappa shape index (κ3) is 7.06. The standard InChI is InChI=1S/C14H28O6S/c1-11(15)8-19-12(2)9-20-13(10-18-3)7-14-5-4-6-21(14,16)17/h11-15H,4-10H2,1-3H3. The van der Waals surface area contributed by atoms with Gasteiger partial charge in [0.2, 0.25) is 0 Å². The normalized spacial score (nSPS) is 25.6. The summed E-state index contributed by atoms with van der Waals surface area (Å²) < 4.78 is 40.0. The largest absolute Gasteiger partial charge is 0.391 e. The minimum atomic E-state index is -2.96. The van der Waals surface area contributed by atoms with Crippen molar-refractivity contribution in [1.82, 2.24) is 0 Å². The molecule has 0 aromatic heterocycles. The van der Waals surface area contributed by atoms with Crippen molar-refractivity contribution in [2.45, 2.75) is 56.7 Å². The summed E-state index contributed by atoms with van der Waals surface area (Å²) in [6.07, 6.45) is 1.01. The number of hydrogen-bond donors (Lipinski definition) is 1. The van der Waals surface area contributed by atoms with E-state index < -0.39 is 15.9 Å². The van der Waals surface area contributed by atoms with E-state index in [2.05, 4.69) is 0 Å². The molecule has 1 aliphatic rings. The van der Waals surface area contributed by atoms with Gasteiger partial charge in [-0.2, -0.15) is 0 Å². The zero-order valence-corrected chi connectivity index (χ0v) is 14.0. The van der Waals surface area contributed by atoms with Gasteiger partial charge in [0.25, 0.3) is 0 Å². The predicted octanol–water partition coefficient (Wildman–Crippen LogP) is 0.771. The second-order valence-electron chi connectivity index (χ2n) is 5.77. The molecule has 0 aromatic carbocycles. The second kappa shape index (κ2) is 9.05. The maximum Gasteiger partial charge on any atom is 0.153 e. The lowest BCUT2D eigenvalue weighted by atomic mass is 10.1. The highest BCUT2D eigenvalue weighted by atomic mass is 32.2. The fourth-order valence-corrected chi connectivity index (χ4v) is 4.35. The highest BCUT2D eigenvalue weighted by molar-refractivity contribution is 7.92. The Morgan fingerprint density at radius 2 is 1.90 bits per heavy atom. The van der Waals surface area contributed by atoms with Crippen molar-refractivity contribution in [2.75, 3.05) is 32.7 Å². The van der Waals surface area contributed by atoms with Crippen molar-refractivity contribution in [3.8, 4) is 0 Å². The Morgan fingerprint density at radius 3 is 2.43 bits per heavy atom. The minimum absolute atomic E-state index is 0.154. The summed E-state index contributed by atoms with van der Waals surface area (Å²) in [7, 11) is -1.38. The van der Waals surface area contributed by atoms with Crippen LogP contribution in [0, 0.1) is 0 Å². The Hall–Kier alpha value is -0.210. The second-order valence-corrected chi connectivity index (χ2v) is 8.17. The molecule has 1 fully saturated rings. The molecule has 1 aliphatic heterocycles. The van der Waals surface area contributed by atoms with E-state index in [9.17, 15) is 8.42 Å². The van der Waals surface area contributed by atoms with Gasteiger partial charge in [0.05, 0.1) is 49.1 Å². The Bertz CT molecular complexity index is 381. The van der Waals surface area contributed by atoms with Crippen LogP contribution in [0.15, 0.2) is 0 Å². The molecule has 0 bridgehead atoms. The molecule has 0 radical (unpaired) electrons. The molecular weight excluding hydrogens is 296 g/mol. The Morgan fingerprint density at radius 1 is 1.19 bits per heavy atom. The van der Waals surface area contributed by atoms with Crippen LogP contribution in [0.25, 0.3) is 0 Å². The molecule has 21 heavy (non-hydrogen) atoms. The fourth-order valence-electron chi connectivity index (χ4n) is 2.41. The van der Waals surface area contributed by atoms with Gasteiger partial charge in [-0.1, -0.05) is 0 Å². The van der Waals surface area contributed by atoms with E-state index in [1.165, 1.54) is 0 Å². The van der Waals surface area contributed by atoms with E-state index in [4.69, 9.17) is 19.3 Å². The number of rotatable bonds is 10. The van der Waals surface area contributed by atoms with Crippen molar-refractivity contribution in [3.05, 3.63) is 0 Å². The quantitative estimate of drug-likeness (QED) is 0.639. The summed E-state index contributed by atoms with van der Waals surface area (Å²) in [5.41, 5.74) is 0. The van der Waals surface area contributed by atoms with Gasteiger partial charge in [-0.15, -0.1) is 0 Å². The molecule has 0 saturated carbocycles. The van der Waals surface area contributed by atoms with Crippen LogP contribution in [0.1, 0.15) is 33.1 Å².